The molecule has 0 amide bonds. The van der Waals surface area contributed by atoms with Gasteiger partial charge in [0.2, 0.25) is 10.0 Å². The number of hydrogen-bond acceptors (Lipinski definition) is 6. The molecule has 1 heterocycles. The molecule has 0 N–H and O–H groups in total. The molecule has 33 heavy (non-hydrogen) atoms. The molecule has 0 aromatic heterocycles. The molecule has 8 heteroatoms. The Labute approximate surface area is 193 Å². The van der Waals surface area contributed by atoms with Crippen LogP contribution in [0.1, 0.15) is 24.2 Å². The predicted octanol–water partition coefficient (Wildman–Crippen LogP) is 4.50. The molecule has 3 aromatic rings. The first-order chi connectivity index (χ1) is 15.8. The number of morpholine rings is 1. The fourth-order valence-corrected chi connectivity index (χ4v) is 5.26. The van der Waals surface area contributed by atoms with Crippen molar-refractivity contribution >= 4 is 16.0 Å². The Balaban J connectivity index is 1.45. The van der Waals surface area contributed by atoms with Gasteiger partial charge in [-0.3, -0.25) is 0 Å². The largest absolute Gasteiger partial charge is 0.457 e. The van der Waals surface area contributed by atoms with E-state index in [2.05, 4.69) is 0 Å². The number of nitrogens with zero attached hydrogens (tertiary/aromatic N) is 1. The van der Waals surface area contributed by atoms with Crippen LogP contribution in [0.15, 0.2) is 83.8 Å². The first-order valence-corrected chi connectivity index (χ1v) is 12.1. The monoisotopic (exact) mass is 467 g/mol. The van der Waals surface area contributed by atoms with E-state index >= 15 is 0 Å². The Morgan fingerprint density at radius 1 is 0.848 bits per heavy atom. The van der Waals surface area contributed by atoms with Gasteiger partial charge in [0, 0.05) is 13.1 Å². The van der Waals surface area contributed by atoms with Gasteiger partial charge in [0.15, 0.2) is 0 Å². The minimum Gasteiger partial charge on any atom is -0.457 e. The third kappa shape index (κ3) is 5.60. The Bertz CT molecular complexity index is 1200. The van der Waals surface area contributed by atoms with E-state index < -0.39 is 16.0 Å². The van der Waals surface area contributed by atoms with Crippen LogP contribution in [0.4, 0.5) is 0 Å². The van der Waals surface area contributed by atoms with Crippen molar-refractivity contribution in [1.29, 1.82) is 0 Å². The van der Waals surface area contributed by atoms with Gasteiger partial charge >= 0.3 is 5.97 Å². The Hall–Kier alpha value is -3.20. The standard InChI is InChI=1S/C25H25NO6S/c1-18-16-26(17-19(2)30-18)33(28,29)24-10-6-7-20(15-24)25(27)32-23-13-11-22(12-14-23)31-21-8-4-3-5-9-21/h3-15,18-19H,16-17H2,1-2H3/t18-,19+. The summed E-state index contributed by atoms with van der Waals surface area (Å²) in [6, 6.07) is 21.8. The summed E-state index contributed by atoms with van der Waals surface area (Å²) in [5, 5.41) is 0. The van der Waals surface area contributed by atoms with E-state index in [4.69, 9.17) is 14.2 Å². The number of sulfonamides is 1. The normalized spacial score (nSPS) is 19.1. The van der Waals surface area contributed by atoms with Crippen molar-refractivity contribution in [1.82, 2.24) is 4.31 Å². The summed E-state index contributed by atoms with van der Waals surface area (Å²) in [6.45, 7) is 4.20. The molecule has 0 bridgehead atoms. The maximum Gasteiger partial charge on any atom is 0.343 e. The zero-order valence-corrected chi connectivity index (χ0v) is 19.2. The van der Waals surface area contributed by atoms with Crippen LogP contribution in [0.25, 0.3) is 0 Å². The van der Waals surface area contributed by atoms with E-state index in [1.807, 2.05) is 44.2 Å². The highest BCUT2D eigenvalue weighted by molar-refractivity contribution is 7.89. The lowest BCUT2D eigenvalue weighted by molar-refractivity contribution is -0.0440. The lowest BCUT2D eigenvalue weighted by Crippen LogP contribution is -2.48. The zero-order chi connectivity index (χ0) is 23.4. The van der Waals surface area contributed by atoms with E-state index in [0.29, 0.717) is 17.2 Å². The van der Waals surface area contributed by atoms with E-state index in [9.17, 15) is 13.2 Å². The highest BCUT2D eigenvalue weighted by atomic mass is 32.2. The van der Waals surface area contributed by atoms with Crippen molar-refractivity contribution in [2.45, 2.75) is 31.0 Å². The van der Waals surface area contributed by atoms with Gasteiger partial charge in [0.05, 0.1) is 22.7 Å². The number of carbonyl (C=O) groups is 1. The lowest BCUT2D eigenvalue weighted by Gasteiger charge is -2.34. The molecular weight excluding hydrogens is 442 g/mol. The molecule has 7 nitrogen and oxygen atoms in total. The highest BCUT2D eigenvalue weighted by Gasteiger charge is 2.32. The first kappa shape index (κ1) is 23.0. The Morgan fingerprint density at radius 3 is 2.12 bits per heavy atom. The molecule has 0 radical (unpaired) electrons. The van der Waals surface area contributed by atoms with Gasteiger partial charge in [-0.25, -0.2) is 13.2 Å². The molecule has 0 spiro atoms. The molecule has 3 aromatic carbocycles. The van der Waals surface area contributed by atoms with E-state index in [0.717, 1.165) is 0 Å². The number of rotatable bonds is 6. The minimum absolute atomic E-state index is 0.0462. The summed E-state index contributed by atoms with van der Waals surface area (Å²) in [5.74, 6) is 0.976. The van der Waals surface area contributed by atoms with Gasteiger partial charge in [-0.15, -0.1) is 0 Å². The maximum absolute atomic E-state index is 13.1. The van der Waals surface area contributed by atoms with Crippen LogP contribution >= 0.6 is 0 Å². The van der Waals surface area contributed by atoms with Crippen molar-refractivity contribution in [3.05, 3.63) is 84.4 Å². The van der Waals surface area contributed by atoms with E-state index in [-0.39, 0.29) is 35.8 Å². The molecular formula is C25H25NO6S. The van der Waals surface area contributed by atoms with Crippen molar-refractivity contribution in [3.8, 4) is 17.2 Å². The maximum atomic E-state index is 13.1. The Kier molecular flexibility index (Phi) is 6.78. The summed E-state index contributed by atoms with van der Waals surface area (Å²) < 4.78 is 44.4. The van der Waals surface area contributed by atoms with Gasteiger partial charge < -0.3 is 14.2 Å². The molecule has 1 saturated heterocycles. The van der Waals surface area contributed by atoms with Crippen LogP contribution in [0.5, 0.6) is 17.2 Å². The minimum atomic E-state index is -3.76. The summed E-state index contributed by atoms with van der Waals surface area (Å²) in [7, 11) is -3.76. The van der Waals surface area contributed by atoms with Crippen molar-refractivity contribution in [2.75, 3.05) is 13.1 Å². The van der Waals surface area contributed by atoms with Crippen LogP contribution in [0.2, 0.25) is 0 Å². The van der Waals surface area contributed by atoms with Crippen molar-refractivity contribution < 1.29 is 27.4 Å². The molecule has 2 atom stereocenters. The van der Waals surface area contributed by atoms with Gasteiger partial charge in [0.25, 0.3) is 0 Å². The molecule has 1 aliphatic heterocycles. The van der Waals surface area contributed by atoms with E-state index in [1.54, 1.807) is 24.3 Å². The molecule has 1 fully saturated rings. The van der Waals surface area contributed by atoms with Crippen LogP contribution in [0.3, 0.4) is 0 Å². The summed E-state index contributed by atoms with van der Waals surface area (Å²) in [6.07, 6.45) is -0.406. The number of carbonyl (C=O) groups excluding carboxylic acids is 1. The molecule has 1 aliphatic rings. The first-order valence-electron chi connectivity index (χ1n) is 10.6. The van der Waals surface area contributed by atoms with E-state index in [1.165, 1.54) is 28.6 Å². The third-order valence-electron chi connectivity index (χ3n) is 5.11. The predicted molar refractivity (Wildman–Crippen MR) is 123 cm³/mol. The molecule has 0 aliphatic carbocycles. The molecule has 0 unspecified atom stereocenters. The highest BCUT2D eigenvalue weighted by Crippen LogP contribution is 2.25. The quantitative estimate of drug-likeness (QED) is 0.392. The summed E-state index contributed by atoms with van der Waals surface area (Å²) >= 11 is 0. The van der Waals surface area contributed by atoms with Crippen LogP contribution in [-0.2, 0) is 14.8 Å². The van der Waals surface area contributed by atoms with Crippen LogP contribution in [-0.4, -0.2) is 44.0 Å². The number of hydrogen-bond donors (Lipinski definition) is 0. The number of para-hydroxylation sites is 1. The second-order valence-electron chi connectivity index (χ2n) is 7.88. The van der Waals surface area contributed by atoms with Crippen molar-refractivity contribution in [3.63, 3.8) is 0 Å². The summed E-state index contributed by atoms with van der Waals surface area (Å²) in [4.78, 5) is 12.7. The van der Waals surface area contributed by atoms with Gasteiger partial charge in [-0.05, 0) is 68.4 Å². The van der Waals surface area contributed by atoms with Crippen LogP contribution < -0.4 is 9.47 Å². The fraction of sp³-hybridized carbons (Fsp3) is 0.240. The topological polar surface area (TPSA) is 82.1 Å². The Morgan fingerprint density at radius 2 is 1.45 bits per heavy atom. The second kappa shape index (κ2) is 9.74. The molecule has 0 saturated carbocycles. The fourth-order valence-electron chi connectivity index (χ4n) is 3.63. The number of ether oxygens (including phenoxy) is 3. The SMILES string of the molecule is C[C@@H]1CN(S(=O)(=O)c2cccc(C(=O)Oc3ccc(Oc4ccccc4)cc3)c2)C[C@H](C)O1. The van der Waals surface area contributed by atoms with Crippen molar-refractivity contribution in [2.24, 2.45) is 0 Å². The van der Waals surface area contributed by atoms with Crippen LogP contribution in [0, 0.1) is 0 Å². The number of benzene rings is 3. The van der Waals surface area contributed by atoms with Gasteiger partial charge in [-0.2, -0.15) is 4.31 Å². The second-order valence-corrected chi connectivity index (χ2v) is 9.82. The smallest absolute Gasteiger partial charge is 0.343 e. The van der Waals surface area contributed by atoms with Gasteiger partial charge in [0.1, 0.15) is 17.2 Å². The van der Waals surface area contributed by atoms with Gasteiger partial charge in [-0.1, -0.05) is 24.3 Å². The number of esters is 1. The zero-order valence-electron chi connectivity index (χ0n) is 18.4. The lowest BCUT2D eigenvalue weighted by atomic mass is 10.2. The third-order valence-corrected chi connectivity index (χ3v) is 6.93. The molecule has 172 valence electrons. The summed E-state index contributed by atoms with van der Waals surface area (Å²) in [5.41, 5.74) is 0.148. The molecule has 4 rings (SSSR count). The average molecular weight is 468 g/mol. The average Bonchev–Trinajstić information content (AvgIpc) is 2.80.